The Hall–Kier alpha value is -4.43. The SMILES string of the molecule is COCOCCCC1(C)OC(=C(C#N)C#N)C(C#N)=C1/C=C/C=C1C=C(/C=C/c2ccc(N(CCO)CCO)cc2)CC(C)(C)C\1. The van der Waals surface area contributed by atoms with Gasteiger partial charge in [0.15, 0.2) is 11.3 Å². The highest BCUT2D eigenvalue weighted by Gasteiger charge is 2.42. The van der Waals surface area contributed by atoms with E-state index >= 15 is 0 Å². The monoisotopic (exact) mass is 624 g/mol. The number of nitrogens with zero attached hydrogens (tertiary/aromatic N) is 4. The summed E-state index contributed by atoms with van der Waals surface area (Å²) in [4.78, 5) is 1.95. The van der Waals surface area contributed by atoms with Crippen LogP contribution in [0.1, 0.15) is 52.0 Å². The molecular weight excluding hydrogens is 580 g/mol. The van der Waals surface area contributed by atoms with Crippen molar-refractivity contribution < 1.29 is 24.4 Å². The van der Waals surface area contributed by atoms with E-state index in [1.54, 1.807) is 7.11 Å². The van der Waals surface area contributed by atoms with Crippen LogP contribution in [0.15, 0.2) is 88.3 Å². The van der Waals surface area contributed by atoms with E-state index in [-0.39, 0.29) is 42.3 Å². The van der Waals surface area contributed by atoms with Crippen molar-refractivity contribution in [3.05, 3.63) is 93.8 Å². The number of allylic oxidation sites excluding steroid dienone is 8. The maximum absolute atomic E-state index is 10.0. The fraction of sp³-hybridized carbons (Fsp3) is 0.432. The molecule has 46 heavy (non-hydrogen) atoms. The van der Waals surface area contributed by atoms with Crippen LogP contribution in [-0.2, 0) is 14.2 Å². The maximum atomic E-state index is 10.0. The molecule has 1 unspecified atom stereocenters. The first-order valence-electron chi connectivity index (χ1n) is 15.4. The Bertz CT molecular complexity index is 1500. The Balaban J connectivity index is 1.87. The lowest BCUT2D eigenvalue weighted by atomic mass is 9.75. The molecule has 0 amide bonds. The number of ether oxygens (including phenoxy) is 3. The molecule has 1 heterocycles. The van der Waals surface area contributed by atoms with Crippen LogP contribution in [0.5, 0.6) is 0 Å². The van der Waals surface area contributed by atoms with Crippen LogP contribution in [-0.4, -0.2) is 62.6 Å². The van der Waals surface area contributed by atoms with E-state index in [4.69, 9.17) is 14.2 Å². The number of methoxy groups -OCH3 is 1. The second kappa shape index (κ2) is 17.3. The van der Waals surface area contributed by atoms with E-state index in [9.17, 15) is 26.0 Å². The summed E-state index contributed by atoms with van der Waals surface area (Å²) in [7, 11) is 1.56. The zero-order valence-electron chi connectivity index (χ0n) is 27.3. The Labute approximate surface area is 272 Å². The Morgan fingerprint density at radius 3 is 2.30 bits per heavy atom. The van der Waals surface area contributed by atoms with Crippen LogP contribution < -0.4 is 4.90 Å². The lowest BCUT2D eigenvalue weighted by Gasteiger charge is -2.30. The topological polar surface area (TPSA) is 143 Å². The van der Waals surface area contributed by atoms with Gasteiger partial charge in [0.25, 0.3) is 0 Å². The van der Waals surface area contributed by atoms with Crippen molar-refractivity contribution in [2.24, 2.45) is 5.41 Å². The van der Waals surface area contributed by atoms with Crippen molar-refractivity contribution in [3.8, 4) is 18.2 Å². The highest BCUT2D eigenvalue weighted by Crippen LogP contribution is 2.43. The Morgan fingerprint density at radius 1 is 1.00 bits per heavy atom. The quantitative estimate of drug-likeness (QED) is 0.136. The van der Waals surface area contributed by atoms with Gasteiger partial charge in [-0.1, -0.05) is 62.4 Å². The molecular formula is C37H44N4O5. The van der Waals surface area contributed by atoms with Crippen molar-refractivity contribution in [1.29, 1.82) is 15.8 Å². The average molecular weight is 625 g/mol. The third kappa shape index (κ3) is 9.78. The van der Waals surface area contributed by atoms with Crippen LogP contribution in [0.4, 0.5) is 5.69 Å². The molecule has 242 valence electrons. The standard InChI is InChI=1S/C37H44N4O5/c1-36(2)22-29(21-30(23-36)10-9-28-11-13-32(14-12-28)41(16-18-42)17-19-43)7-5-8-34-33(26-40)35(31(24-38)25-39)46-37(34,3)15-6-20-45-27-44-4/h5,7-14,21,42-43H,6,15-20,22-23,27H2,1-4H3/b8-5+,10-9+,29-7+. The predicted molar refractivity (Wildman–Crippen MR) is 178 cm³/mol. The molecule has 3 rings (SSSR count). The van der Waals surface area contributed by atoms with Gasteiger partial charge in [-0.2, -0.15) is 15.8 Å². The Morgan fingerprint density at radius 2 is 1.70 bits per heavy atom. The summed E-state index contributed by atoms with van der Waals surface area (Å²) in [6.07, 6.45) is 15.2. The second-order valence-corrected chi connectivity index (χ2v) is 12.3. The first kappa shape index (κ1) is 36.0. The van der Waals surface area contributed by atoms with E-state index in [1.165, 1.54) is 5.57 Å². The Kier molecular flexibility index (Phi) is 13.6. The fourth-order valence-corrected chi connectivity index (χ4v) is 5.83. The molecule has 1 aromatic rings. The smallest absolute Gasteiger partial charge is 0.172 e. The summed E-state index contributed by atoms with van der Waals surface area (Å²) < 4.78 is 16.5. The second-order valence-electron chi connectivity index (χ2n) is 12.3. The van der Waals surface area contributed by atoms with E-state index in [0.29, 0.717) is 38.1 Å². The van der Waals surface area contributed by atoms with Gasteiger partial charge in [-0.25, -0.2) is 0 Å². The summed E-state index contributed by atoms with van der Waals surface area (Å²) >= 11 is 0. The maximum Gasteiger partial charge on any atom is 0.172 e. The number of nitriles is 3. The number of anilines is 1. The molecule has 2 aliphatic rings. The number of benzene rings is 1. The predicted octanol–water partition coefficient (Wildman–Crippen LogP) is 6.03. The molecule has 0 aromatic heterocycles. The molecule has 1 aliphatic heterocycles. The minimum atomic E-state index is -0.914. The first-order valence-corrected chi connectivity index (χ1v) is 15.4. The molecule has 2 N–H and O–H groups in total. The highest BCUT2D eigenvalue weighted by atomic mass is 16.7. The fourth-order valence-electron chi connectivity index (χ4n) is 5.83. The molecule has 9 nitrogen and oxygen atoms in total. The van der Waals surface area contributed by atoms with Crippen LogP contribution in [0, 0.1) is 39.4 Å². The highest BCUT2D eigenvalue weighted by molar-refractivity contribution is 5.61. The molecule has 9 heteroatoms. The normalized spacial score (nSPS) is 20.0. The first-order chi connectivity index (χ1) is 22.1. The zero-order valence-corrected chi connectivity index (χ0v) is 27.3. The van der Waals surface area contributed by atoms with Crippen LogP contribution in [0.25, 0.3) is 6.08 Å². The van der Waals surface area contributed by atoms with Gasteiger partial charge >= 0.3 is 0 Å². The van der Waals surface area contributed by atoms with Crippen LogP contribution >= 0.6 is 0 Å². The van der Waals surface area contributed by atoms with E-state index in [0.717, 1.165) is 29.7 Å². The largest absolute Gasteiger partial charge is 0.479 e. The van der Waals surface area contributed by atoms with Crippen molar-refractivity contribution in [2.45, 2.75) is 52.1 Å². The molecule has 0 spiro atoms. The van der Waals surface area contributed by atoms with Crippen molar-refractivity contribution >= 4 is 11.8 Å². The molecule has 0 fully saturated rings. The number of aliphatic hydroxyl groups is 2. The minimum absolute atomic E-state index is 0.0208. The summed E-state index contributed by atoms with van der Waals surface area (Å²) in [5.41, 5.74) is 4.06. The molecule has 1 atom stereocenters. The summed E-state index contributed by atoms with van der Waals surface area (Å²) in [5.74, 6) is 0.0220. The molecule has 0 saturated heterocycles. The molecule has 1 aromatic carbocycles. The van der Waals surface area contributed by atoms with Crippen molar-refractivity contribution in [2.75, 3.05) is 51.7 Å². The molecule has 1 aliphatic carbocycles. The number of hydrogen-bond donors (Lipinski definition) is 2. The zero-order chi connectivity index (χ0) is 33.6. The summed E-state index contributed by atoms with van der Waals surface area (Å²) in [5, 5.41) is 47.7. The van der Waals surface area contributed by atoms with E-state index in [2.05, 4.69) is 38.1 Å². The number of aliphatic hydroxyl groups excluding tert-OH is 2. The van der Waals surface area contributed by atoms with Crippen molar-refractivity contribution in [1.82, 2.24) is 0 Å². The third-order valence-electron chi connectivity index (χ3n) is 7.90. The lowest BCUT2D eigenvalue weighted by Crippen LogP contribution is -2.29. The molecule has 0 bridgehead atoms. The van der Waals surface area contributed by atoms with E-state index in [1.807, 2.05) is 66.5 Å². The van der Waals surface area contributed by atoms with Gasteiger partial charge in [-0.3, -0.25) is 0 Å². The van der Waals surface area contributed by atoms with Crippen molar-refractivity contribution in [3.63, 3.8) is 0 Å². The summed E-state index contributed by atoms with van der Waals surface area (Å²) in [6, 6.07) is 13.9. The lowest BCUT2D eigenvalue weighted by molar-refractivity contribution is -0.0365. The van der Waals surface area contributed by atoms with Crippen LogP contribution in [0.2, 0.25) is 0 Å². The molecule has 0 saturated carbocycles. The van der Waals surface area contributed by atoms with Gasteiger partial charge in [0.2, 0.25) is 0 Å². The molecule has 0 radical (unpaired) electrons. The number of hydrogen-bond acceptors (Lipinski definition) is 9. The van der Waals surface area contributed by atoms with E-state index < -0.39 is 5.60 Å². The minimum Gasteiger partial charge on any atom is -0.479 e. The van der Waals surface area contributed by atoms with Crippen LogP contribution in [0.3, 0.4) is 0 Å². The van der Waals surface area contributed by atoms with Gasteiger partial charge in [-0.15, -0.1) is 0 Å². The van der Waals surface area contributed by atoms with Gasteiger partial charge in [0, 0.05) is 38.1 Å². The van der Waals surface area contributed by atoms with Gasteiger partial charge in [-0.05, 0) is 66.9 Å². The van der Waals surface area contributed by atoms with Gasteiger partial charge in [0.1, 0.15) is 36.2 Å². The number of rotatable bonds is 15. The third-order valence-corrected chi connectivity index (χ3v) is 7.90. The average Bonchev–Trinajstić information content (AvgIpc) is 3.31. The van der Waals surface area contributed by atoms with Gasteiger partial charge < -0.3 is 29.3 Å². The van der Waals surface area contributed by atoms with Gasteiger partial charge in [0.05, 0.1) is 13.2 Å². The summed E-state index contributed by atoms with van der Waals surface area (Å²) in [6.45, 7) is 7.92.